The zero-order chi connectivity index (χ0) is 25.7. The van der Waals surface area contributed by atoms with Gasteiger partial charge in [-0.1, -0.05) is 30.3 Å². The van der Waals surface area contributed by atoms with Gasteiger partial charge in [-0.3, -0.25) is 19.2 Å². The van der Waals surface area contributed by atoms with Crippen LogP contribution < -0.4 is 27.4 Å². The summed E-state index contributed by atoms with van der Waals surface area (Å²) in [6, 6.07) is 4.40. The van der Waals surface area contributed by atoms with Gasteiger partial charge >= 0.3 is 11.9 Å². The Morgan fingerprint density at radius 3 is 2.06 bits per heavy atom. The molecule has 12 nitrogen and oxygen atoms in total. The minimum absolute atomic E-state index is 0.248. The molecule has 0 heterocycles. The molecule has 0 aromatic heterocycles. The maximum atomic E-state index is 12.8. The number of unbranched alkanes of at least 4 members (excludes halogenated alkanes) is 1. The Balaban J connectivity index is 2.77. The standard InChI is InChI=1S/C22H33N5O7/c1-13(19(30)27-17(22(33)34)12-18(28)29)25-21(32)16(9-5-6-10-23)26-20(31)15(24)11-14-7-3-2-4-8-14/h2-4,7-8,13,15-17H,5-6,9-12,23-24H2,1H3,(H,25,32)(H,26,31)(H,27,30)(H,28,29)(H,33,34). The fourth-order valence-electron chi connectivity index (χ4n) is 3.05. The lowest BCUT2D eigenvalue weighted by Gasteiger charge is -2.23. The second kappa shape index (κ2) is 14.6. The number of carboxylic acid groups (broad SMARTS) is 2. The Hall–Kier alpha value is -3.51. The first-order valence-electron chi connectivity index (χ1n) is 10.9. The summed E-state index contributed by atoms with van der Waals surface area (Å²) in [5.41, 5.74) is 12.4. The van der Waals surface area contributed by atoms with Gasteiger partial charge in [-0.25, -0.2) is 4.79 Å². The Morgan fingerprint density at radius 2 is 1.50 bits per heavy atom. The van der Waals surface area contributed by atoms with E-state index >= 15 is 0 Å². The quantitative estimate of drug-likeness (QED) is 0.149. The van der Waals surface area contributed by atoms with E-state index in [1.54, 1.807) is 0 Å². The highest BCUT2D eigenvalue weighted by molar-refractivity contribution is 5.94. The van der Waals surface area contributed by atoms with Crippen LogP contribution >= 0.6 is 0 Å². The molecular formula is C22H33N5O7. The minimum atomic E-state index is -1.65. The smallest absolute Gasteiger partial charge is 0.326 e. The van der Waals surface area contributed by atoms with Crippen LogP contribution in [0.15, 0.2) is 30.3 Å². The van der Waals surface area contributed by atoms with Crippen LogP contribution in [0, 0.1) is 0 Å². The lowest BCUT2D eigenvalue weighted by atomic mass is 10.0. The SMILES string of the molecule is CC(NC(=O)C(CCCCN)NC(=O)C(N)Cc1ccccc1)C(=O)NC(CC(=O)O)C(=O)O. The Labute approximate surface area is 197 Å². The predicted octanol–water partition coefficient (Wildman–Crippen LogP) is -1.28. The van der Waals surface area contributed by atoms with Crippen LogP contribution in [0.2, 0.25) is 0 Å². The number of carboxylic acids is 2. The molecule has 0 spiro atoms. The molecular weight excluding hydrogens is 446 g/mol. The van der Waals surface area contributed by atoms with Crippen molar-refractivity contribution in [1.29, 1.82) is 0 Å². The first-order chi connectivity index (χ1) is 16.0. The number of amides is 3. The van der Waals surface area contributed by atoms with Crippen LogP contribution in [0.25, 0.3) is 0 Å². The number of carbonyl (C=O) groups is 5. The molecule has 0 aliphatic rings. The Kier molecular flexibility index (Phi) is 12.2. The molecule has 1 rings (SSSR count). The maximum absolute atomic E-state index is 12.8. The molecule has 0 aliphatic carbocycles. The van der Waals surface area contributed by atoms with Crippen LogP contribution in [0.1, 0.15) is 38.2 Å². The first-order valence-corrected chi connectivity index (χ1v) is 10.9. The maximum Gasteiger partial charge on any atom is 0.326 e. The van der Waals surface area contributed by atoms with Crippen molar-refractivity contribution in [2.45, 2.75) is 63.2 Å². The fraction of sp³-hybridized carbons (Fsp3) is 0.500. The van der Waals surface area contributed by atoms with Gasteiger partial charge in [-0.05, 0) is 44.7 Å². The fourth-order valence-corrected chi connectivity index (χ4v) is 3.05. The van der Waals surface area contributed by atoms with Gasteiger partial charge < -0.3 is 37.6 Å². The first kappa shape index (κ1) is 28.5. The molecule has 4 unspecified atom stereocenters. The molecule has 4 atom stereocenters. The molecule has 0 aliphatic heterocycles. The molecule has 12 heteroatoms. The molecule has 0 bridgehead atoms. The van der Waals surface area contributed by atoms with E-state index in [4.69, 9.17) is 21.7 Å². The molecule has 3 amide bonds. The second-order valence-corrected chi connectivity index (χ2v) is 7.87. The van der Waals surface area contributed by atoms with Crippen LogP contribution in [-0.2, 0) is 30.4 Å². The molecule has 0 fully saturated rings. The molecule has 1 aromatic rings. The number of carbonyl (C=O) groups excluding carboxylic acids is 3. The Morgan fingerprint density at radius 1 is 0.882 bits per heavy atom. The summed E-state index contributed by atoms with van der Waals surface area (Å²) in [5.74, 6) is -5.01. The van der Waals surface area contributed by atoms with E-state index in [2.05, 4.69) is 16.0 Å². The van der Waals surface area contributed by atoms with E-state index < -0.39 is 60.2 Å². The molecule has 34 heavy (non-hydrogen) atoms. The summed E-state index contributed by atoms with van der Waals surface area (Å²) in [7, 11) is 0. The number of hydrogen-bond acceptors (Lipinski definition) is 7. The molecule has 0 saturated carbocycles. The highest BCUT2D eigenvalue weighted by Gasteiger charge is 2.29. The van der Waals surface area contributed by atoms with Crippen molar-refractivity contribution in [1.82, 2.24) is 16.0 Å². The number of nitrogens with two attached hydrogens (primary N) is 2. The van der Waals surface area contributed by atoms with Crippen LogP contribution in [0.5, 0.6) is 0 Å². The average molecular weight is 480 g/mol. The monoisotopic (exact) mass is 479 g/mol. The molecule has 1 aromatic carbocycles. The van der Waals surface area contributed by atoms with E-state index in [9.17, 15) is 24.0 Å². The lowest BCUT2D eigenvalue weighted by molar-refractivity contribution is -0.147. The number of benzene rings is 1. The summed E-state index contributed by atoms with van der Waals surface area (Å²) in [5, 5.41) is 24.9. The van der Waals surface area contributed by atoms with Gasteiger partial charge in [0.25, 0.3) is 0 Å². The summed E-state index contributed by atoms with van der Waals surface area (Å²) < 4.78 is 0. The summed E-state index contributed by atoms with van der Waals surface area (Å²) >= 11 is 0. The van der Waals surface area contributed by atoms with Gasteiger partial charge in [0.1, 0.15) is 18.1 Å². The summed E-state index contributed by atoms with van der Waals surface area (Å²) in [4.78, 5) is 59.6. The highest BCUT2D eigenvalue weighted by atomic mass is 16.4. The molecule has 9 N–H and O–H groups in total. The molecule has 188 valence electrons. The minimum Gasteiger partial charge on any atom is -0.481 e. The van der Waals surface area contributed by atoms with Gasteiger partial charge in [0, 0.05) is 0 Å². The highest BCUT2D eigenvalue weighted by Crippen LogP contribution is 2.05. The zero-order valence-corrected chi connectivity index (χ0v) is 19.0. The van der Waals surface area contributed by atoms with Crippen molar-refractivity contribution in [2.24, 2.45) is 11.5 Å². The van der Waals surface area contributed by atoms with E-state index in [-0.39, 0.29) is 12.8 Å². The number of aliphatic carboxylic acids is 2. The van der Waals surface area contributed by atoms with Crippen molar-refractivity contribution < 1.29 is 34.2 Å². The third kappa shape index (κ3) is 10.4. The zero-order valence-electron chi connectivity index (χ0n) is 19.0. The van der Waals surface area contributed by atoms with Gasteiger partial charge in [-0.15, -0.1) is 0 Å². The van der Waals surface area contributed by atoms with E-state index in [1.165, 1.54) is 6.92 Å². The lowest BCUT2D eigenvalue weighted by Crippen LogP contribution is -2.56. The van der Waals surface area contributed by atoms with Crippen molar-refractivity contribution in [3.63, 3.8) is 0 Å². The number of nitrogens with one attached hydrogen (secondary N) is 3. The van der Waals surface area contributed by atoms with E-state index in [1.807, 2.05) is 30.3 Å². The Bertz CT molecular complexity index is 849. The third-order valence-electron chi connectivity index (χ3n) is 4.96. The van der Waals surface area contributed by atoms with Crippen LogP contribution in [0.4, 0.5) is 0 Å². The summed E-state index contributed by atoms with van der Waals surface area (Å²) in [6.45, 7) is 1.71. The van der Waals surface area contributed by atoms with Gasteiger partial charge in [0.05, 0.1) is 12.5 Å². The van der Waals surface area contributed by atoms with Crippen molar-refractivity contribution in [2.75, 3.05) is 6.54 Å². The van der Waals surface area contributed by atoms with Crippen molar-refractivity contribution in [3.05, 3.63) is 35.9 Å². The normalized spacial score (nSPS) is 14.2. The molecule has 0 saturated heterocycles. The van der Waals surface area contributed by atoms with Crippen molar-refractivity contribution in [3.8, 4) is 0 Å². The average Bonchev–Trinajstić information content (AvgIpc) is 2.78. The topological polar surface area (TPSA) is 214 Å². The predicted molar refractivity (Wildman–Crippen MR) is 122 cm³/mol. The third-order valence-corrected chi connectivity index (χ3v) is 4.96. The number of hydrogen-bond donors (Lipinski definition) is 7. The van der Waals surface area contributed by atoms with Gasteiger partial charge in [-0.2, -0.15) is 0 Å². The second-order valence-electron chi connectivity index (χ2n) is 7.87. The van der Waals surface area contributed by atoms with Gasteiger partial charge in [0.2, 0.25) is 17.7 Å². The van der Waals surface area contributed by atoms with Crippen LogP contribution in [0.3, 0.4) is 0 Å². The molecule has 0 radical (unpaired) electrons. The van der Waals surface area contributed by atoms with Gasteiger partial charge in [0.15, 0.2) is 0 Å². The van der Waals surface area contributed by atoms with Crippen LogP contribution in [-0.4, -0.2) is 70.6 Å². The van der Waals surface area contributed by atoms with E-state index in [0.29, 0.717) is 19.4 Å². The van der Waals surface area contributed by atoms with E-state index in [0.717, 1.165) is 5.56 Å². The number of rotatable bonds is 15. The summed E-state index contributed by atoms with van der Waals surface area (Å²) in [6.07, 6.45) is 0.837. The van der Waals surface area contributed by atoms with Crippen molar-refractivity contribution >= 4 is 29.7 Å². The largest absolute Gasteiger partial charge is 0.481 e.